The van der Waals surface area contributed by atoms with Crippen LogP contribution in [0.1, 0.15) is 20.3 Å². The van der Waals surface area contributed by atoms with Crippen molar-refractivity contribution in [3.05, 3.63) is 0 Å². The molecule has 90 valence electrons. The van der Waals surface area contributed by atoms with Gasteiger partial charge in [-0.05, 0) is 17.6 Å². The summed E-state index contributed by atoms with van der Waals surface area (Å²) in [6, 6.07) is 0.243. The van der Waals surface area contributed by atoms with E-state index in [1.54, 1.807) is 0 Å². The van der Waals surface area contributed by atoms with Crippen LogP contribution in [0, 0.1) is 5.41 Å². The molecule has 0 bridgehead atoms. The van der Waals surface area contributed by atoms with Gasteiger partial charge >= 0.3 is 0 Å². The summed E-state index contributed by atoms with van der Waals surface area (Å²) in [4.78, 5) is 0. The van der Waals surface area contributed by atoms with Crippen LogP contribution >= 0.6 is 11.8 Å². The van der Waals surface area contributed by atoms with Crippen LogP contribution in [0.4, 0.5) is 8.78 Å². The second-order valence-corrected chi connectivity index (χ2v) is 5.92. The molecule has 2 unspecified atom stereocenters. The molecular weight excluding hydrogens is 220 g/mol. The maximum absolute atomic E-state index is 12.0. The van der Waals surface area contributed by atoms with Gasteiger partial charge in [-0.25, -0.2) is 8.78 Å². The third kappa shape index (κ3) is 4.66. The maximum Gasteiger partial charge on any atom is 0.265 e. The summed E-state index contributed by atoms with van der Waals surface area (Å²) in [6.07, 6.45) is -3.21. The molecule has 1 aliphatic heterocycles. The highest BCUT2D eigenvalue weighted by Crippen LogP contribution is 2.33. The lowest BCUT2D eigenvalue weighted by Gasteiger charge is -2.35. The molecule has 1 rings (SSSR count). The van der Waals surface area contributed by atoms with E-state index in [9.17, 15) is 8.78 Å². The minimum Gasteiger partial charge on any atom is -0.386 e. The van der Waals surface area contributed by atoms with E-state index >= 15 is 0 Å². The van der Waals surface area contributed by atoms with Gasteiger partial charge in [0.2, 0.25) is 0 Å². The van der Waals surface area contributed by atoms with E-state index in [-0.39, 0.29) is 18.0 Å². The van der Waals surface area contributed by atoms with Crippen molar-refractivity contribution >= 4 is 11.8 Å². The number of halogens is 2. The van der Waals surface area contributed by atoms with Crippen molar-refractivity contribution in [2.75, 3.05) is 18.1 Å². The van der Waals surface area contributed by atoms with Gasteiger partial charge in [-0.3, -0.25) is 0 Å². The van der Waals surface area contributed by atoms with E-state index in [1.165, 1.54) is 0 Å². The number of hydrogen-bond donors (Lipinski definition) is 2. The monoisotopic (exact) mass is 239 g/mol. The smallest absolute Gasteiger partial charge is 0.265 e. The summed E-state index contributed by atoms with van der Waals surface area (Å²) in [5.74, 6) is 2.06. The van der Waals surface area contributed by atoms with Crippen molar-refractivity contribution in [3.63, 3.8) is 0 Å². The Morgan fingerprint density at radius 1 is 1.53 bits per heavy atom. The SMILES string of the molecule is CC1(C)CSCC(NCC(O)C(F)F)C1. The highest BCUT2D eigenvalue weighted by molar-refractivity contribution is 7.99. The Hall–Kier alpha value is 0.130. The molecule has 1 aliphatic rings. The molecule has 1 heterocycles. The number of hydrogen-bond acceptors (Lipinski definition) is 3. The number of nitrogens with one attached hydrogen (secondary N) is 1. The van der Waals surface area contributed by atoms with Gasteiger partial charge in [0.1, 0.15) is 6.10 Å². The molecule has 0 aliphatic carbocycles. The summed E-state index contributed by atoms with van der Waals surface area (Å²) in [7, 11) is 0. The number of aliphatic hydroxyl groups excluding tert-OH is 1. The Morgan fingerprint density at radius 3 is 2.73 bits per heavy atom. The highest BCUT2D eigenvalue weighted by Gasteiger charge is 2.29. The average Bonchev–Trinajstić information content (AvgIpc) is 2.12. The van der Waals surface area contributed by atoms with E-state index in [0.29, 0.717) is 0 Å². The molecule has 0 amide bonds. The molecule has 0 radical (unpaired) electrons. The van der Waals surface area contributed by atoms with Gasteiger partial charge in [0, 0.05) is 18.3 Å². The van der Waals surface area contributed by atoms with Gasteiger partial charge in [-0.15, -0.1) is 0 Å². The van der Waals surface area contributed by atoms with Crippen molar-refractivity contribution in [2.24, 2.45) is 5.41 Å². The molecule has 0 aromatic heterocycles. The Balaban J connectivity index is 2.27. The number of aliphatic hydroxyl groups is 1. The lowest BCUT2D eigenvalue weighted by Crippen LogP contribution is -2.44. The fourth-order valence-corrected chi connectivity index (χ4v) is 3.08. The van der Waals surface area contributed by atoms with Crippen molar-refractivity contribution < 1.29 is 13.9 Å². The topological polar surface area (TPSA) is 32.3 Å². The standard InChI is InChI=1S/C10H19F2NOS/c1-10(2)3-7(5-15-6-10)13-4-8(14)9(11)12/h7-9,13-14H,3-6H2,1-2H3. The summed E-state index contributed by atoms with van der Waals surface area (Å²) >= 11 is 1.84. The van der Waals surface area contributed by atoms with E-state index in [1.807, 2.05) is 11.8 Å². The second kappa shape index (κ2) is 5.46. The highest BCUT2D eigenvalue weighted by atomic mass is 32.2. The van der Waals surface area contributed by atoms with Gasteiger partial charge < -0.3 is 10.4 Å². The van der Waals surface area contributed by atoms with Gasteiger partial charge in [-0.1, -0.05) is 13.8 Å². The van der Waals surface area contributed by atoms with E-state index in [4.69, 9.17) is 5.11 Å². The van der Waals surface area contributed by atoms with E-state index in [2.05, 4.69) is 19.2 Å². The predicted octanol–water partition coefficient (Wildman–Crippen LogP) is 1.73. The number of rotatable bonds is 4. The first-order chi connectivity index (χ1) is 6.91. The minimum absolute atomic E-state index is 0.0149. The molecule has 1 saturated heterocycles. The molecule has 0 saturated carbocycles. The normalized spacial score (nSPS) is 28.0. The second-order valence-electron chi connectivity index (χ2n) is 4.89. The summed E-state index contributed by atoms with van der Waals surface area (Å²) < 4.78 is 24.1. The zero-order chi connectivity index (χ0) is 11.5. The first kappa shape index (κ1) is 13.2. The van der Waals surface area contributed by atoms with Crippen molar-refractivity contribution in [3.8, 4) is 0 Å². The quantitative estimate of drug-likeness (QED) is 0.783. The third-order valence-electron chi connectivity index (χ3n) is 2.52. The van der Waals surface area contributed by atoms with Crippen LogP contribution < -0.4 is 5.32 Å². The Bertz CT molecular complexity index is 202. The van der Waals surface area contributed by atoms with Crippen molar-refractivity contribution in [1.29, 1.82) is 0 Å². The molecule has 1 fully saturated rings. The summed E-state index contributed by atoms with van der Waals surface area (Å²) in [6.45, 7) is 4.34. The van der Waals surface area contributed by atoms with Gasteiger partial charge in [0.25, 0.3) is 6.43 Å². The molecule has 15 heavy (non-hydrogen) atoms. The van der Waals surface area contributed by atoms with Crippen LogP contribution in [0.3, 0.4) is 0 Å². The molecular formula is C10H19F2NOS. The first-order valence-electron chi connectivity index (χ1n) is 5.18. The molecule has 2 nitrogen and oxygen atoms in total. The molecule has 2 atom stereocenters. The zero-order valence-electron chi connectivity index (χ0n) is 9.17. The lowest BCUT2D eigenvalue weighted by atomic mass is 9.88. The maximum atomic E-state index is 12.0. The summed E-state index contributed by atoms with van der Waals surface area (Å²) in [5, 5.41) is 12.0. The molecule has 0 spiro atoms. The van der Waals surface area contributed by atoms with Gasteiger partial charge in [0.05, 0.1) is 0 Å². The zero-order valence-corrected chi connectivity index (χ0v) is 9.99. The van der Waals surface area contributed by atoms with E-state index in [0.717, 1.165) is 17.9 Å². The van der Waals surface area contributed by atoms with Crippen molar-refractivity contribution in [2.45, 2.75) is 38.8 Å². The van der Waals surface area contributed by atoms with Crippen molar-refractivity contribution in [1.82, 2.24) is 5.32 Å². The minimum atomic E-state index is -2.65. The largest absolute Gasteiger partial charge is 0.386 e. The molecule has 5 heteroatoms. The number of alkyl halides is 2. The van der Waals surface area contributed by atoms with Crippen LogP contribution in [0.15, 0.2) is 0 Å². The fraction of sp³-hybridized carbons (Fsp3) is 1.00. The van der Waals surface area contributed by atoms with Crippen LogP contribution in [0.25, 0.3) is 0 Å². The van der Waals surface area contributed by atoms with Crippen LogP contribution in [-0.2, 0) is 0 Å². The summed E-state index contributed by atoms with van der Waals surface area (Å²) in [5.41, 5.74) is 0.260. The Morgan fingerprint density at radius 2 is 2.20 bits per heavy atom. The first-order valence-corrected chi connectivity index (χ1v) is 6.33. The van der Waals surface area contributed by atoms with Gasteiger partial charge in [0.15, 0.2) is 0 Å². The average molecular weight is 239 g/mol. The Kier molecular flexibility index (Phi) is 4.80. The molecule has 0 aromatic rings. The van der Waals surface area contributed by atoms with Crippen LogP contribution in [-0.4, -0.2) is 41.7 Å². The third-order valence-corrected chi connectivity index (χ3v) is 4.14. The van der Waals surface area contributed by atoms with E-state index < -0.39 is 12.5 Å². The molecule has 0 aromatic carbocycles. The molecule has 2 N–H and O–H groups in total. The van der Waals surface area contributed by atoms with Gasteiger partial charge in [-0.2, -0.15) is 11.8 Å². The number of thioether (sulfide) groups is 1. The Labute approximate surface area is 93.8 Å². The van der Waals surface area contributed by atoms with Crippen LogP contribution in [0.2, 0.25) is 0 Å². The predicted molar refractivity (Wildman–Crippen MR) is 59.5 cm³/mol. The lowest BCUT2D eigenvalue weighted by molar-refractivity contribution is -0.00486. The fourth-order valence-electron chi connectivity index (χ4n) is 1.77. The van der Waals surface area contributed by atoms with Crippen LogP contribution in [0.5, 0.6) is 0 Å².